The Morgan fingerprint density at radius 3 is 2.61 bits per heavy atom. The van der Waals surface area contributed by atoms with E-state index < -0.39 is 11.7 Å². The van der Waals surface area contributed by atoms with Crippen LogP contribution in [0.2, 0.25) is 0 Å². The molecule has 0 radical (unpaired) electrons. The molecule has 1 amide bonds. The quantitative estimate of drug-likeness (QED) is 0.719. The summed E-state index contributed by atoms with van der Waals surface area (Å²) >= 11 is 3.50. The lowest BCUT2D eigenvalue weighted by molar-refractivity contribution is 0.0636. The summed E-state index contributed by atoms with van der Waals surface area (Å²) in [6.07, 6.45) is 5.97. The molecule has 0 saturated heterocycles. The van der Waals surface area contributed by atoms with E-state index in [-0.39, 0.29) is 0 Å². The van der Waals surface area contributed by atoms with E-state index in [0.717, 1.165) is 16.8 Å². The van der Waals surface area contributed by atoms with Crippen molar-refractivity contribution in [2.45, 2.75) is 58.5 Å². The van der Waals surface area contributed by atoms with E-state index >= 15 is 0 Å². The fourth-order valence-corrected chi connectivity index (χ4v) is 3.04. The van der Waals surface area contributed by atoms with Crippen LogP contribution < -0.4 is 10.1 Å². The SMILES string of the molecule is CC(C)(C)OC(=O)Nc1ccc(Br)c(OCC2CCCCC2)c1. The van der Waals surface area contributed by atoms with E-state index in [2.05, 4.69) is 21.2 Å². The maximum absolute atomic E-state index is 11.8. The molecule has 0 heterocycles. The molecule has 1 N–H and O–H groups in total. The first-order chi connectivity index (χ1) is 10.8. The molecule has 1 aromatic rings. The topological polar surface area (TPSA) is 47.6 Å². The molecule has 0 spiro atoms. The molecule has 1 aliphatic rings. The minimum Gasteiger partial charge on any atom is -0.492 e. The number of halogens is 1. The Morgan fingerprint density at radius 2 is 1.96 bits per heavy atom. The van der Waals surface area contributed by atoms with Gasteiger partial charge < -0.3 is 9.47 Å². The van der Waals surface area contributed by atoms with Gasteiger partial charge in [0.1, 0.15) is 11.4 Å². The molecule has 1 fully saturated rings. The number of benzene rings is 1. The van der Waals surface area contributed by atoms with Gasteiger partial charge in [-0.1, -0.05) is 19.3 Å². The van der Waals surface area contributed by atoms with Crippen molar-refractivity contribution in [3.05, 3.63) is 22.7 Å². The van der Waals surface area contributed by atoms with Crippen LogP contribution in [0.5, 0.6) is 5.75 Å². The summed E-state index contributed by atoms with van der Waals surface area (Å²) in [5.41, 5.74) is 0.154. The Labute approximate surface area is 147 Å². The molecule has 0 unspecified atom stereocenters. The number of carbonyl (C=O) groups is 1. The zero-order chi connectivity index (χ0) is 16.9. The van der Waals surface area contributed by atoms with Gasteiger partial charge in [0.05, 0.1) is 11.1 Å². The first-order valence-corrected chi connectivity index (χ1v) is 9.05. The Kier molecular flexibility index (Phi) is 6.33. The van der Waals surface area contributed by atoms with Crippen molar-refractivity contribution in [3.63, 3.8) is 0 Å². The normalized spacial score (nSPS) is 16.0. The smallest absolute Gasteiger partial charge is 0.412 e. The summed E-state index contributed by atoms with van der Waals surface area (Å²) in [7, 11) is 0. The van der Waals surface area contributed by atoms with Crippen LogP contribution in [0.25, 0.3) is 0 Å². The molecular formula is C18H26BrNO3. The van der Waals surface area contributed by atoms with E-state index in [1.165, 1.54) is 32.1 Å². The van der Waals surface area contributed by atoms with Gasteiger partial charge in [0.15, 0.2) is 0 Å². The predicted octanol–water partition coefficient (Wildman–Crippen LogP) is 5.76. The average Bonchev–Trinajstić information content (AvgIpc) is 2.47. The van der Waals surface area contributed by atoms with Crippen molar-refractivity contribution in [1.29, 1.82) is 0 Å². The van der Waals surface area contributed by atoms with E-state index in [9.17, 15) is 4.79 Å². The number of hydrogen-bond donors (Lipinski definition) is 1. The second kappa shape index (κ2) is 8.04. The van der Waals surface area contributed by atoms with Crippen LogP contribution in [0.4, 0.5) is 10.5 Å². The van der Waals surface area contributed by atoms with Gasteiger partial charge in [-0.2, -0.15) is 0 Å². The zero-order valence-electron chi connectivity index (χ0n) is 14.2. The fourth-order valence-electron chi connectivity index (χ4n) is 2.67. The summed E-state index contributed by atoms with van der Waals surface area (Å²) in [5, 5.41) is 2.74. The molecule has 1 saturated carbocycles. The van der Waals surface area contributed by atoms with Crippen molar-refractivity contribution >= 4 is 27.7 Å². The van der Waals surface area contributed by atoms with Crippen molar-refractivity contribution in [2.75, 3.05) is 11.9 Å². The van der Waals surface area contributed by atoms with Crippen LogP contribution in [0.1, 0.15) is 52.9 Å². The van der Waals surface area contributed by atoms with E-state index in [1.54, 1.807) is 0 Å². The highest BCUT2D eigenvalue weighted by Gasteiger charge is 2.17. The monoisotopic (exact) mass is 383 g/mol. The van der Waals surface area contributed by atoms with Gasteiger partial charge >= 0.3 is 6.09 Å². The number of ether oxygens (including phenoxy) is 2. The largest absolute Gasteiger partial charge is 0.492 e. The summed E-state index contributed by atoms with van der Waals surface area (Å²) < 4.78 is 12.1. The summed E-state index contributed by atoms with van der Waals surface area (Å²) in [4.78, 5) is 11.8. The standard InChI is InChI=1S/C18H26BrNO3/c1-18(2,3)23-17(21)20-14-9-10-15(19)16(11-14)22-12-13-7-5-4-6-8-13/h9-11,13H,4-8,12H2,1-3H3,(H,20,21). The van der Waals surface area contributed by atoms with Crippen LogP contribution in [-0.4, -0.2) is 18.3 Å². The highest BCUT2D eigenvalue weighted by Crippen LogP contribution is 2.31. The number of nitrogens with one attached hydrogen (secondary N) is 1. The van der Waals surface area contributed by atoms with Crippen LogP contribution >= 0.6 is 15.9 Å². The maximum atomic E-state index is 11.8. The fraction of sp³-hybridized carbons (Fsp3) is 0.611. The minimum absolute atomic E-state index is 0.460. The zero-order valence-corrected chi connectivity index (χ0v) is 15.7. The van der Waals surface area contributed by atoms with Gasteiger partial charge in [0.25, 0.3) is 0 Å². The molecule has 1 aliphatic carbocycles. The summed E-state index contributed by atoms with van der Waals surface area (Å²) in [6.45, 7) is 6.25. The highest BCUT2D eigenvalue weighted by atomic mass is 79.9. The Bertz CT molecular complexity index is 534. The Morgan fingerprint density at radius 1 is 1.26 bits per heavy atom. The molecule has 5 heteroatoms. The van der Waals surface area contributed by atoms with Crippen molar-refractivity contribution in [3.8, 4) is 5.75 Å². The molecular weight excluding hydrogens is 358 g/mol. The Balaban J connectivity index is 1.93. The van der Waals surface area contributed by atoms with Gasteiger partial charge in [-0.3, -0.25) is 5.32 Å². The number of anilines is 1. The van der Waals surface area contributed by atoms with E-state index in [0.29, 0.717) is 11.6 Å². The van der Waals surface area contributed by atoms with Gasteiger partial charge in [-0.05, 0) is 67.6 Å². The maximum Gasteiger partial charge on any atom is 0.412 e. The van der Waals surface area contributed by atoms with Gasteiger partial charge in [-0.25, -0.2) is 4.79 Å². The molecule has 2 rings (SSSR count). The van der Waals surface area contributed by atoms with Crippen molar-refractivity contribution in [1.82, 2.24) is 0 Å². The first-order valence-electron chi connectivity index (χ1n) is 8.26. The summed E-state index contributed by atoms with van der Waals surface area (Å²) in [6, 6.07) is 5.53. The van der Waals surface area contributed by atoms with E-state index in [1.807, 2.05) is 39.0 Å². The van der Waals surface area contributed by atoms with E-state index in [4.69, 9.17) is 9.47 Å². The second-order valence-electron chi connectivity index (χ2n) is 7.09. The Hall–Kier alpha value is -1.23. The van der Waals surface area contributed by atoms with Crippen LogP contribution in [0, 0.1) is 5.92 Å². The van der Waals surface area contributed by atoms with Crippen LogP contribution in [-0.2, 0) is 4.74 Å². The second-order valence-corrected chi connectivity index (χ2v) is 7.94. The first kappa shape index (κ1) is 18.1. The van der Waals surface area contributed by atoms with Crippen LogP contribution in [0.3, 0.4) is 0 Å². The predicted molar refractivity (Wildman–Crippen MR) is 96.1 cm³/mol. The third-order valence-corrected chi connectivity index (χ3v) is 4.43. The summed E-state index contributed by atoms with van der Waals surface area (Å²) in [5.74, 6) is 1.39. The molecule has 4 nitrogen and oxygen atoms in total. The number of amides is 1. The lowest BCUT2D eigenvalue weighted by atomic mass is 9.90. The molecule has 0 atom stereocenters. The number of carbonyl (C=O) groups excluding carboxylic acids is 1. The third-order valence-electron chi connectivity index (χ3n) is 3.78. The van der Waals surface area contributed by atoms with Gasteiger partial charge in [-0.15, -0.1) is 0 Å². The van der Waals surface area contributed by atoms with Gasteiger partial charge in [0.2, 0.25) is 0 Å². The molecule has 0 bridgehead atoms. The minimum atomic E-state index is -0.514. The van der Waals surface area contributed by atoms with Crippen molar-refractivity contribution in [2.24, 2.45) is 5.92 Å². The molecule has 128 valence electrons. The molecule has 1 aromatic carbocycles. The lowest BCUT2D eigenvalue weighted by Gasteiger charge is -2.22. The van der Waals surface area contributed by atoms with Crippen LogP contribution in [0.15, 0.2) is 22.7 Å². The lowest BCUT2D eigenvalue weighted by Crippen LogP contribution is -2.27. The molecule has 23 heavy (non-hydrogen) atoms. The number of rotatable bonds is 4. The highest BCUT2D eigenvalue weighted by molar-refractivity contribution is 9.10. The molecule has 0 aliphatic heterocycles. The third kappa shape index (κ3) is 6.42. The van der Waals surface area contributed by atoms with Gasteiger partial charge in [0, 0.05) is 11.8 Å². The molecule has 0 aromatic heterocycles. The number of hydrogen-bond acceptors (Lipinski definition) is 3. The average molecular weight is 384 g/mol. The van der Waals surface area contributed by atoms with Crippen molar-refractivity contribution < 1.29 is 14.3 Å².